The van der Waals surface area contributed by atoms with E-state index < -0.39 is 0 Å². The van der Waals surface area contributed by atoms with Crippen molar-refractivity contribution in [2.45, 2.75) is 0 Å². The summed E-state index contributed by atoms with van der Waals surface area (Å²) in [6.07, 6.45) is 0. The van der Waals surface area contributed by atoms with Crippen LogP contribution in [0.25, 0.3) is 87.7 Å². The number of thiophene rings is 1. The number of rotatable bonds is 6. The van der Waals surface area contributed by atoms with Crippen molar-refractivity contribution in [3.63, 3.8) is 0 Å². The molecule has 0 aliphatic rings. The van der Waals surface area contributed by atoms with Gasteiger partial charge in [-0.3, -0.25) is 0 Å². The quantitative estimate of drug-likeness (QED) is 0.247. The number of hydrogen-bond acceptors (Lipinski definition) is 4. The molecule has 0 aliphatic heterocycles. The lowest BCUT2D eigenvalue weighted by Gasteiger charge is -2.19. The molecule has 2 heterocycles. The van der Waals surface area contributed by atoms with E-state index in [1.807, 2.05) is 103 Å². The maximum Gasteiger partial charge on any atom is 0.164 e. The largest absolute Gasteiger partial charge is 0.208 e. The fourth-order valence-corrected chi connectivity index (χ4v) is 8.47. The van der Waals surface area contributed by atoms with E-state index in [0.29, 0.717) is 65.1 Å². The van der Waals surface area contributed by atoms with E-state index in [9.17, 15) is 0 Å². The summed E-state index contributed by atoms with van der Waals surface area (Å²) >= 11 is 1.35. The molecule has 0 amide bonds. The van der Waals surface area contributed by atoms with Crippen LogP contribution in [0, 0.1) is 0 Å². The molecule has 11 heteroatoms. The van der Waals surface area contributed by atoms with Gasteiger partial charge >= 0.3 is 0 Å². The molecule has 14 radical (unpaired) electrons. The minimum atomic E-state index is 0.189. The van der Waals surface area contributed by atoms with Crippen LogP contribution in [0.5, 0.6) is 0 Å². The summed E-state index contributed by atoms with van der Waals surface area (Å²) in [5.74, 6) is 1.54. The van der Waals surface area contributed by atoms with Gasteiger partial charge in [0.1, 0.15) is 54.9 Å². The van der Waals surface area contributed by atoms with Crippen molar-refractivity contribution in [2.24, 2.45) is 0 Å². The number of aromatic nitrogens is 3. The molecular formula is C45H22B7N3S. The van der Waals surface area contributed by atoms with Gasteiger partial charge in [-0.15, -0.1) is 22.3 Å². The molecule has 0 bridgehead atoms. The molecule has 9 rings (SSSR count). The molecule has 3 nitrogen and oxygen atoms in total. The van der Waals surface area contributed by atoms with Crippen molar-refractivity contribution in [1.29, 1.82) is 0 Å². The van der Waals surface area contributed by atoms with Gasteiger partial charge in [-0.1, -0.05) is 143 Å². The first kappa shape index (κ1) is 35.9. The molecular weight excluding hydrogens is 690 g/mol. The van der Waals surface area contributed by atoms with Crippen molar-refractivity contribution < 1.29 is 0 Å². The molecule has 9 aromatic rings. The molecule has 2 aromatic heterocycles. The third kappa shape index (κ3) is 6.15. The molecule has 0 aliphatic carbocycles. The van der Waals surface area contributed by atoms with Crippen molar-refractivity contribution in [1.82, 2.24) is 15.0 Å². The van der Waals surface area contributed by atoms with Crippen LogP contribution in [-0.4, -0.2) is 69.9 Å². The summed E-state index contributed by atoms with van der Waals surface area (Å²) in [7, 11) is 46.4. The maximum atomic E-state index is 7.08. The Morgan fingerprint density at radius 2 is 0.679 bits per heavy atom. The topological polar surface area (TPSA) is 38.7 Å². The highest BCUT2D eigenvalue weighted by Gasteiger charge is 2.22. The Labute approximate surface area is 338 Å². The molecule has 0 N–H and O–H groups in total. The van der Waals surface area contributed by atoms with Gasteiger partial charge in [0.15, 0.2) is 17.5 Å². The van der Waals surface area contributed by atoms with Crippen molar-refractivity contribution in [3.05, 3.63) is 133 Å². The summed E-state index contributed by atoms with van der Waals surface area (Å²) in [4.78, 5) is 15.1. The number of nitrogens with zero attached hydrogens (tertiary/aromatic N) is 3. The zero-order valence-electron chi connectivity index (χ0n) is 30.0. The van der Waals surface area contributed by atoms with Gasteiger partial charge in [0.25, 0.3) is 0 Å². The molecule has 244 valence electrons. The van der Waals surface area contributed by atoms with E-state index >= 15 is 0 Å². The lowest BCUT2D eigenvalue weighted by molar-refractivity contribution is 1.07. The number of hydrogen-bond donors (Lipinski definition) is 0. The monoisotopic (exact) mass is 713 g/mol. The predicted molar refractivity (Wildman–Crippen MR) is 243 cm³/mol. The third-order valence-electron chi connectivity index (χ3n) is 10.1. The Balaban J connectivity index is 1.28. The molecule has 0 unspecified atom stereocenters. The second-order valence-corrected chi connectivity index (χ2v) is 14.6. The van der Waals surface area contributed by atoms with Gasteiger partial charge in [0.05, 0.1) is 0 Å². The third-order valence-corrected chi connectivity index (χ3v) is 11.4. The van der Waals surface area contributed by atoms with Crippen LogP contribution in [0.3, 0.4) is 0 Å². The van der Waals surface area contributed by atoms with Gasteiger partial charge in [0.2, 0.25) is 0 Å². The zero-order valence-corrected chi connectivity index (χ0v) is 30.8. The molecule has 0 atom stereocenters. The Morgan fingerprint density at radius 3 is 1.25 bits per heavy atom. The van der Waals surface area contributed by atoms with Crippen LogP contribution in [0.4, 0.5) is 0 Å². The van der Waals surface area contributed by atoms with Gasteiger partial charge in [-0.25, -0.2) is 15.0 Å². The van der Waals surface area contributed by atoms with Gasteiger partial charge < -0.3 is 0 Å². The Morgan fingerprint density at radius 1 is 0.304 bits per heavy atom. The normalized spacial score (nSPS) is 11.4. The van der Waals surface area contributed by atoms with E-state index in [4.69, 9.17) is 69.9 Å². The smallest absolute Gasteiger partial charge is 0.164 e. The standard InChI is InChI=1S/C45H22B7N3S/c46-34-31(37(49)41-32(35(34)47)33-36(48)38(50)39(51)40(52)42(33)56-41)29-20-28(24-12-6-2-7-13-24)21-30(22-29)45-54-43(26-14-8-3-9-15-26)53-44(55-45)27-18-16-25(17-19-27)23-10-4-1-5-11-23/h1-22H. The highest BCUT2D eigenvalue weighted by molar-refractivity contribution is 7.28. The lowest BCUT2D eigenvalue weighted by atomic mass is 9.64. The van der Waals surface area contributed by atoms with Crippen LogP contribution in [0.15, 0.2) is 133 Å². The lowest BCUT2D eigenvalue weighted by Crippen LogP contribution is -2.47. The summed E-state index contributed by atoms with van der Waals surface area (Å²) in [5, 5.41) is 1.17. The second-order valence-electron chi connectivity index (χ2n) is 13.6. The van der Waals surface area contributed by atoms with Crippen molar-refractivity contribution >= 4 is 125 Å². The SMILES string of the molecule is [B]c1c([B])c([B])c2c(sc3c([B])c(-c4cc(-c5ccccc5)cc(-c5nc(-c6ccccc6)nc(-c6ccc(-c7ccccc7)cc6)n5)c4)c([B])c([B])c32)c1[B]. The van der Waals surface area contributed by atoms with E-state index in [-0.39, 0.29) is 16.4 Å². The maximum absolute atomic E-state index is 7.08. The molecule has 0 fully saturated rings. The van der Waals surface area contributed by atoms with Gasteiger partial charge in [-0.05, 0) is 62.4 Å². The highest BCUT2D eigenvalue weighted by atomic mass is 32.1. The Hall–Kier alpha value is -5.78. The molecule has 56 heavy (non-hydrogen) atoms. The summed E-state index contributed by atoms with van der Waals surface area (Å²) < 4.78 is 1.31. The van der Waals surface area contributed by atoms with Gasteiger partial charge in [0, 0.05) is 26.1 Å². The van der Waals surface area contributed by atoms with E-state index in [1.54, 1.807) is 0 Å². The number of benzene rings is 7. The molecule has 7 aromatic carbocycles. The fraction of sp³-hybridized carbons (Fsp3) is 0. The first-order chi connectivity index (χ1) is 27.2. The van der Waals surface area contributed by atoms with E-state index in [1.165, 1.54) is 11.3 Å². The average Bonchev–Trinajstić information content (AvgIpc) is 3.67. The van der Waals surface area contributed by atoms with Crippen LogP contribution >= 0.6 is 11.3 Å². The Kier molecular flexibility index (Phi) is 9.22. The first-order valence-electron chi connectivity index (χ1n) is 17.8. The van der Waals surface area contributed by atoms with Crippen LogP contribution < -0.4 is 38.2 Å². The molecule has 0 saturated carbocycles. The fourth-order valence-electron chi connectivity index (χ4n) is 7.20. The van der Waals surface area contributed by atoms with Crippen LogP contribution in [0.1, 0.15) is 0 Å². The molecule has 0 saturated heterocycles. The van der Waals surface area contributed by atoms with E-state index in [0.717, 1.165) is 44.5 Å². The first-order valence-corrected chi connectivity index (χ1v) is 18.6. The summed E-state index contributed by atoms with van der Waals surface area (Å²) in [5.41, 5.74) is 9.82. The minimum absolute atomic E-state index is 0.189. The Bertz CT molecular complexity index is 2970. The second kappa shape index (κ2) is 14.4. The molecule has 0 spiro atoms. The van der Waals surface area contributed by atoms with Crippen LogP contribution in [-0.2, 0) is 0 Å². The van der Waals surface area contributed by atoms with E-state index in [2.05, 4.69) is 30.3 Å². The number of fused-ring (bicyclic) bond motifs is 3. The predicted octanol–water partition coefficient (Wildman–Crippen LogP) is 3.80. The van der Waals surface area contributed by atoms with Gasteiger partial charge in [-0.2, -0.15) is 0 Å². The van der Waals surface area contributed by atoms with Crippen LogP contribution in [0.2, 0.25) is 0 Å². The zero-order chi connectivity index (χ0) is 38.7. The summed E-state index contributed by atoms with van der Waals surface area (Å²) in [6.45, 7) is 0. The van der Waals surface area contributed by atoms with Crippen molar-refractivity contribution in [3.8, 4) is 67.5 Å². The van der Waals surface area contributed by atoms with Crippen molar-refractivity contribution in [2.75, 3.05) is 0 Å². The average molecular weight is 712 g/mol. The highest BCUT2D eigenvalue weighted by Crippen LogP contribution is 2.35. The minimum Gasteiger partial charge on any atom is -0.208 e. The summed E-state index contributed by atoms with van der Waals surface area (Å²) in [6, 6.07) is 44.5.